The Bertz CT molecular complexity index is 421. The molecular weight excluding hydrogens is 286 g/mol. The Kier molecular flexibility index (Phi) is 6.81. The zero-order valence-electron chi connectivity index (χ0n) is 12.8. The minimum absolute atomic E-state index is 0.277. The third-order valence-electron chi connectivity index (χ3n) is 4.08. The van der Waals surface area contributed by atoms with E-state index in [1.54, 1.807) is 6.07 Å². The van der Waals surface area contributed by atoms with Gasteiger partial charge in [0.25, 0.3) is 0 Å². The van der Waals surface area contributed by atoms with E-state index >= 15 is 0 Å². The highest BCUT2D eigenvalue weighted by Gasteiger charge is 2.17. The van der Waals surface area contributed by atoms with Gasteiger partial charge in [-0.25, -0.2) is 0 Å². The van der Waals surface area contributed by atoms with Crippen molar-refractivity contribution in [1.82, 2.24) is 4.90 Å². The third-order valence-corrected chi connectivity index (χ3v) is 4.40. The first kappa shape index (κ1) is 16.6. The molecule has 21 heavy (non-hydrogen) atoms. The molecule has 3 nitrogen and oxygen atoms in total. The summed E-state index contributed by atoms with van der Waals surface area (Å²) in [5.41, 5.74) is 0. The minimum atomic E-state index is -0.491. The monoisotopic (exact) mass is 311 g/mol. The van der Waals surface area contributed by atoms with Gasteiger partial charge in [-0.05, 0) is 37.9 Å². The molecular formula is C17H26ClNO2. The molecule has 0 amide bonds. The first-order valence-corrected chi connectivity index (χ1v) is 8.27. The zero-order chi connectivity index (χ0) is 15.1. The molecule has 0 aliphatic heterocycles. The van der Waals surface area contributed by atoms with E-state index in [4.69, 9.17) is 16.3 Å². The number of benzene rings is 1. The van der Waals surface area contributed by atoms with Gasteiger partial charge in [-0.2, -0.15) is 0 Å². The molecule has 0 radical (unpaired) electrons. The highest BCUT2D eigenvalue weighted by Crippen LogP contribution is 2.24. The molecule has 0 aromatic heterocycles. The molecule has 4 heteroatoms. The number of aliphatic hydroxyl groups excluding tert-OH is 1. The first-order chi connectivity index (χ1) is 10.1. The van der Waals surface area contributed by atoms with Gasteiger partial charge in [-0.3, -0.25) is 0 Å². The zero-order valence-corrected chi connectivity index (χ0v) is 13.6. The lowest BCUT2D eigenvalue weighted by molar-refractivity contribution is 0.0695. The van der Waals surface area contributed by atoms with Gasteiger partial charge in [0.2, 0.25) is 0 Å². The number of aliphatic hydroxyl groups is 1. The molecule has 1 saturated carbocycles. The fourth-order valence-electron chi connectivity index (χ4n) is 3.05. The fourth-order valence-corrected chi connectivity index (χ4v) is 3.24. The molecule has 1 aliphatic rings. The van der Waals surface area contributed by atoms with Gasteiger partial charge in [0.15, 0.2) is 0 Å². The van der Waals surface area contributed by atoms with Gasteiger partial charge in [0.1, 0.15) is 18.5 Å². The lowest BCUT2D eigenvalue weighted by Crippen LogP contribution is -2.36. The van der Waals surface area contributed by atoms with Gasteiger partial charge in [-0.1, -0.05) is 43.0 Å². The number of para-hydroxylation sites is 1. The van der Waals surface area contributed by atoms with E-state index in [1.165, 1.54) is 32.1 Å². The molecule has 1 aromatic carbocycles. The summed E-state index contributed by atoms with van der Waals surface area (Å²) in [4.78, 5) is 2.22. The number of rotatable bonds is 7. The number of nitrogens with zero attached hydrogens (tertiary/aromatic N) is 1. The number of halogens is 1. The van der Waals surface area contributed by atoms with Crippen molar-refractivity contribution in [2.24, 2.45) is 5.92 Å². The van der Waals surface area contributed by atoms with Gasteiger partial charge in [-0.15, -0.1) is 0 Å². The largest absolute Gasteiger partial charge is 0.489 e. The van der Waals surface area contributed by atoms with E-state index in [9.17, 15) is 5.11 Å². The Labute approximate surface area is 132 Å². The molecule has 0 spiro atoms. The van der Waals surface area contributed by atoms with Crippen LogP contribution in [0.3, 0.4) is 0 Å². The van der Waals surface area contributed by atoms with Crippen molar-refractivity contribution in [3.05, 3.63) is 29.3 Å². The van der Waals surface area contributed by atoms with Crippen molar-refractivity contribution >= 4 is 11.6 Å². The lowest BCUT2D eigenvalue weighted by Gasteiger charge is -2.28. The van der Waals surface area contributed by atoms with Crippen LogP contribution in [0, 0.1) is 5.92 Å². The van der Waals surface area contributed by atoms with Crippen molar-refractivity contribution in [3.8, 4) is 5.75 Å². The number of hydrogen-bond acceptors (Lipinski definition) is 3. The highest BCUT2D eigenvalue weighted by molar-refractivity contribution is 6.32. The minimum Gasteiger partial charge on any atom is -0.489 e. The van der Waals surface area contributed by atoms with Gasteiger partial charge < -0.3 is 14.7 Å². The van der Waals surface area contributed by atoms with Crippen LogP contribution in [0.5, 0.6) is 5.75 Å². The van der Waals surface area contributed by atoms with E-state index < -0.39 is 6.10 Å². The average molecular weight is 312 g/mol. The third kappa shape index (κ3) is 5.85. The molecule has 118 valence electrons. The van der Waals surface area contributed by atoms with E-state index in [2.05, 4.69) is 11.9 Å². The number of likely N-dealkylation sites (N-methyl/N-ethyl adjacent to an activating group) is 1. The van der Waals surface area contributed by atoms with Gasteiger partial charge in [0, 0.05) is 13.1 Å². The van der Waals surface area contributed by atoms with E-state index in [0.29, 0.717) is 17.3 Å². The van der Waals surface area contributed by atoms with Crippen LogP contribution in [-0.4, -0.2) is 42.9 Å². The molecule has 1 aliphatic carbocycles. The summed E-state index contributed by atoms with van der Waals surface area (Å²) in [7, 11) is 2.08. The summed E-state index contributed by atoms with van der Waals surface area (Å²) in [6.45, 7) is 1.99. The fraction of sp³-hybridized carbons (Fsp3) is 0.647. The van der Waals surface area contributed by atoms with Crippen LogP contribution >= 0.6 is 11.6 Å². The topological polar surface area (TPSA) is 32.7 Å². The van der Waals surface area contributed by atoms with Crippen molar-refractivity contribution in [3.63, 3.8) is 0 Å². The molecule has 0 bridgehead atoms. The Hall–Kier alpha value is -0.770. The van der Waals surface area contributed by atoms with Crippen LogP contribution in [-0.2, 0) is 0 Å². The van der Waals surface area contributed by atoms with E-state index in [-0.39, 0.29) is 6.61 Å². The molecule has 1 N–H and O–H groups in total. The Morgan fingerprint density at radius 2 is 2.00 bits per heavy atom. The Morgan fingerprint density at radius 3 is 2.71 bits per heavy atom. The second-order valence-electron chi connectivity index (χ2n) is 6.12. The SMILES string of the molecule is CN(CC(O)COc1ccccc1Cl)CC1CCCCC1. The summed E-state index contributed by atoms with van der Waals surface area (Å²) in [5.74, 6) is 1.42. The molecule has 0 saturated heterocycles. The summed E-state index contributed by atoms with van der Waals surface area (Å²) in [6, 6.07) is 7.35. The second-order valence-corrected chi connectivity index (χ2v) is 6.53. The summed E-state index contributed by atoms with van der Waals surface area (Å²) in [6.07, 6.45) is 6.27. The maximum atomic E-state index is 10.1. The maximum Gasteiger partial charge on any atom is 0.138 e. The standard InChI is InChI=1S/C17H26ClNO2/c1-19(11-14-7-3-2-4-8-14)12-15(20)13-21-17-10-6-5-9-16(17)18/h5-6,9-10,14-15,20H,2-4,7-8,11-13H2,1H3. The van der Waals surface area contributed by atoms with Crippen LogP contribution < -0.4 is 4.74 Å². The van der Waals surface area contributed by atoms with Gasteiger partial charge in [0.05, 0.1) is 5.02 Å². The number of hydrogen-bond donors (Lipinski definition) is 1. The predicted octanol–water partition coefficient (Wildman–Crippen LogP) is 3.59. The second kappa shape index (κ2) is 8.62. The van der Waals surface area contributed by atoms with Crippen LogP contribution in [0.4, 0.5) is 0 Å². The summed E-state index contributed by atoms with van der Waals surface area (Å²) in [5, 5.41) is 10.7. The first-order valence-electron chi connectivity index (χ1n) is 7.89. The highest BCUT2D eigenvalue weighted by atomic mass is 35.5. The van der Waals surface area contributed by atoms with E-state index in [1.807, 2.05) is 18.2 Å². The lowest BCUT2D eigenvalue weighted by atomic mass is 9.89. The quantitative estimate of drug-likeness (QED) is 0.835. The molecule has 1 aromatic rings. The van der Waals surface area contributed by atoms with Crippen LogP contribution in [0.1, 0.15) is 32.1 Å². The molecule has 1 unspecified atom stereocenters. The summed E-state index contributed by atoms with van der Waals surface area (Å²) < 4.78 is 5.58. The van der Waals surface area contributed by atoms with Crippen molar-refractivity contribution < 1.29 is 9.84 Å². The maximum absolute atomic E-state index is 10.1. The number of ether oxygens (including phenoxy) is 1. The molecule has 1 atom stereocenters. The molecule has 2 rings (SSSR count). The Balaban J connectivity index is 1.68. The van der Waals surface area contributed by atoms with E-state index in [0.717, 1.165) is 12.5 Å². The molecule has 1 fully saturated rings. The van der Waals surface area contributed by atoms with Crippen LogP contribution in [0.2, 0.25) is 5.02 Å². The normalized spacial score (nSPS) is 17.9. The van der Waals surface area contributed by atoms with Gasteiger partial charge >= 0.3 is 0 Å². The smallest absolute Gasteiger partial charge is 0.138 e. The van der Waals surface area contributed by atoms with Crippen LogP contribution in [0.25, 0.3) is 0 Å². The van der Waals surface area contributed by atoms with Crippen molar-refractivity contribution in [2.75, 3.05) is 26.7 Å². The van der Waals surface area contributed by atoms with Crippen molar-refractivity contribution in [1.29, 1.82) is 0 Å². The Morgan fingerprint density at radius 1 is 1.29 bits per heavy atom. The van der Waals surface area contributed by atoms with Crippen LogP contribution in [0.15, 0.2) is 24.3 Å². The van der Waals surface area contributed by atoms with Crippen molar-refractivity contribution in [2.45, 2.75) is 38.2 Å². The molecule has 0 heterocycles. The average Bonchev–Trinajstić information content (AvgIpc) is 2.47. The summed E-state index contributed by atoms with van der Waals surface area (Å²) >= 11 is 6.03. The predicted molar refractivity (Wildman–Crippen MR) is 87.0 cm³/mol.